The van der Waals surface area contributed by atoms with E-state index in [4.69, 9.17) is 27.9 Å². The van der Waals surface area contributed by atoms with Crippen LogP contribution in [-0.2, 0) is 14.8 Å². The second-order valence-corrected chi connectivity index (χ2v) is 6.23. The monoisotopic (exact) mass is 313 g/mol. The Morgan fingerprint density at radius 3 is 2.39 bits per heavy atom. The van der Waals surface area contributed by atoms with Gasteiger partial charge in [-0.05, 0) is 13.8 Å². The predicted octanol–water partition coefficient (Wildman–Crippen LogP) is 1.95. The molecule has 102 valence electrons. The molecule has 18 heavy (non-hydrogen) atoms. The highest BCUT2D eigenvalue weighted by Crippen LogP contribution is 2.26. The van der Waals surface area contributed by atoms with E-state index in [0.29, 0.717) is 0 Å². The Labute approximate surface area is 116 Å². The average Bonchev–Trinajstić information content (AvgIpc) is 2.23. The summed E-state index contributed by atoms with van der Waals surface area (Å²) < 4.78 is 30.8. The first-order valence-electron chi connectivity index (χ1n) is 5.10. The lowest BCUT2D eigenvalue weighted by Gasteiger charge is -2.11. The first-order valence-corrected chi connectivity index (χ1v) is 7.50. The topological polar surface area (TPSA) is 81.2 Å². The minimum absolute atomic E-state index is 0.0228. The highest BCUT2D eigenvalue weighted by molar-refractivity contribution is 7.92. The molecule has 0 aliphatic rings. The molecule has 1 N–H and O–H groups in total. The Morgan fingerprint density at radius 2 is 1.89 bits per heavy atom. The third-order valence-electron chi connectivity index (χ3n) is 1.82. The molecule has 0 aliphatic heterocycles. The fourth-order valence-electron chi connectivity index (χ4n) is 1.03. The lowest BCUT2D eigenvalue weighted by molar-refractivity contribution is 0.0913. The normalized spacial score (nSPS) is 11.8. The second-order valence-electron chi connectivity index (χ2n) is 3.67. The third-order valence-corrected chi connectivity index (χ3v) is 3.61. The van der Waals surface area contributed by atoms with Crippen molar-refractivity contribution < 1.29 is 13.2 Å². The van der Waals surface area contributed by atoms with Crippen molar-refractivity contribution in [2.24, 2.45) is 0 Å². The number of nitrogens with zero attached hydrogens (tertiary/aromatic N) is 2. The molecule has 0 saturated carbocycles. The molecule has 1 rings (SSSR count). The molecule has 0 atom stereocenters. The van der Waals surface area contributed by atoms with Gasteiger partial charge in [0.15, 0.2) is 10.3 Å². The second kappa shape index (κ2) is 6.51. The van der Waals surface area contributed by atoms with Crippen LogP contribution >= 0.6 is 23.2 Å². The van der Waals surface area contributed by atoms with E-state index in [1.165, 1.54) is 0 Å². The van der Waals surface area contributed by atoms with Gasteiger partial charge in [-0.2, -0.15) is 0 Å². The molecule has 0 aromatic carbocycles. The van der Waals surface area contributed by atoms with Gasteiger partial charge in [-0.15, -0.1) is 0 Å². The molecule has 0 fully saturated rings. The number of hydrogen-bond donors (Lipinski definition) is 1. The van der Waals surface area contributed by atoms with Gasteiger partial charge in [-0.3, -0.25) is 4.72 Å². The van der Waals surface area contributed by atoms with Crippen LogP contribution in [-0.4, -0.2) is 36.8 Å². The Bertz CT molecular complexity index is 488. The number of ether oxygens (including phenoxy) is 1. The van der Waals surface area contributed by atoms with Crippen LogP contribution in [0.5, 0.6) is 0 Å². The smallest absolute Gasteiger partial charge is 0.235 e. The van der Waals surface area contributed by atoms with Crippen molar-refractivity contribution in [2.75, 3.05) is 17.1 Å². The molecule has 0 saturated heterocycles. The zero-order valence-corrected chi connectivity index (χ0v) is 12.2. The van der Waals surface area contributed by atoms with E-state index in [1.54, 1.807) is 0 Å². The fourth-order valence-corrected chi connectivity index (χ4v) is 2.47. The maximum absolute atomic E-state index is 11.7. The summed E-state index contributed by atoms with van der Waals surface area (Å²) >= 11 is 11.5. The van der Waals surface area contributed by atoms with E-state index in [1.807, 2.05) is 13.8 Å². The van der Waals surface area contributed by atoms with Crippen LogP contribution in [0.4, 0.5) is 5.69 Å². The number of hydrogen-bond acceptors (Lipinski definition) is 5. The molecule has 1 aromatic rings. The summed E-state index contributed by atoms with van der Waals surface area (Å²) in [6, 6.07) is 0. The van der Waals surface area contributed by atoms with Gasteiger partial charge in [0.1, 0.15) is 12.0 Å². The van der Waals surface area contributed by atoms with Crippen LogP contribution in [0.1, 0.15) is 13.8 Å². The first-order chi connectivity index (χ1) is 8.32. The molecular weight excluding hydrogens is 301 g/mol. The van der Waals surface area contributed by atoms with Crippen molar-refractivity contribution in [3.05, 3.63) is 16.6 Å². The van der Waals surface area contributed by atoms with Crippen LogP contribution < -0.4 is 4.72 Å². The van der Waals surface area contributed by atoms with Crippen LogP contribution in [0.2, 0.25) is 10.3 Å². The van der Waals surface area contributed by atoms with Gasteiger partial charge in [0.05, 0.1) is 18.5 Å². The van der Waals surface area contributed by atoms with Crippen molar-refractivity contribution in [1.82, 2.24) is 9.97 Å². The molecule has 0 aliphatic carbocycles. The van der Waals surface area contributed by atoms with E-state index >= 15 is 0 Å². The van der Waals surface area contributed by atoms with Crippen molar-refractivity contribution in [3.8, 4) is 0 Å². The molecule has 1 aromatic heterocycles. The maximum atomic E-state index is 11.7. The summed E-state index contributed by atoms with van der Waals surface area (Å²) in [4.78, 5) is 7.29. The number of aromatic nitrogens is 2. The zero-order valence-electron chi connectivity index (χ0n) is 9.85. The fraction of sp³-hybridized carbons (Fsp3) is 0.556. The summed E-state index contributed by atoms with van der Waals surface area (Å²) in [5, 5.41) is -0.105. The maximum Gasteiger partial charge on any atom is 0.235 e. The summed E-state index contributed by atoms with van der Waals surface area (Å²) in [5.74, 6) is -0.202. The minimum Gasteiger partial charge on any atom is -0.378 e. The molecule has 9 heteroatoms. The Morgan fingerprint density at radius 1 is 1.33 bits per heavy atom. The van der Waals surface area contributed by atoms with E-state index in [0.717, 1.165) is 6.33 Å². The zero-order chi connectivity index (χ0) is 13.8. The van der Waals surface area contributed by atoms with Crippen molar-refractivity contribution in [3.63, 3.8) is 0 Å². The van der Waals surface area contributed by atoms with E-state index in [2.05, 4.69) is 14.7 Å². The number of anilines is 1. The standard InChI is InChI=1S/C9H13Cl2N3O3S/c1-6(2)17-3-4-18(15,16)14-7-8(10)12-5-13-9(7)11/h5-6,14H,3-4H2,1-2H3. The van der Waals surface area contributed by atoms with Gasteiger partial charge in [0, 0.05) is 0 Å². The van der Waals surface area contributed by atoms with E-state index in [9.17, 15) is 8.42 Å². The first kappa shape index (κ1) is 15.4. The van der Waals surface area contributed by atoms with Crippen molar-refractivity contribution in [2.45, 2.75) is 20.0 Å². The van der Waals surface area contributed by atoms with Crippen LogP contribution in [0.3, 0.4) is 0 Å². The minimum atomic E-state index is -3.60. The largest absolute Gasteiger partial charge is 0.378 e. The van der Waals surface area contributed by atoms with Crippen LogP contribution in [0.25, 0.3) is 0 Å². The van der Waals surface area contributed by atoms with Gasteiger partial charge in [-0.25, -0.2) is 18.4 Å². The van der Waals surface area contributed by atoms with Gasteiger partial charge in [0.2, 0.25) is 10.0 Å². The highest BCUT2D eigenvalue weighted by atomic mass is 35.5. The molecule has 0 amide bonds. The van der Waals surface area contributed by atoms with Gasteiger partial charge in [0.25, 0.3) is 0 Å². The molecule has 0 spiro atoms. The third kappa shape index (κ3) is 4.93. The number of sulfonamides is 1. The summed E-state index contributed by atoms with van der Waals surface area (Å²) in [5.41, 5.74) is -0.0228. The Hall–Kier alpha value is -0.630. The van der Waals surface area contributed by atoms with Crippen molar-refractivity contribution in [1.29, 1.82) is 0 Å². The summed E-state index contributed by atoms with van der Waals surface area (Å²) in [7, 11) is -3.60. The van der Waals surface area contributed by atoms with Gasteiger partial charge < -0.3 is 4.74 Å². The predicted molar refractivity (Wildman–Crippen MR) is 70.5 cm³/mol. The summed E-state index contributed by atoms with van der Waals surface area (Å²) in [6.45, 7) is 3.72. The molecule has 0 bridgehead atoms. The Kier molecular flexibility index (Phi) is 5.58. The SMILES string of the molecule is CC(C)OCCS(=O)(=O)Nc1c(Cl)ncnc1Cl. The summed E-state index contributed by atoms with van der Waals surface area (Å²) in [6.07, 6.45) is 1.11. The molecular formula is C9H13Cl2N3O3S. The average molecular weight is 314 g/mol. The Balaban J connectivity index is 2.71. The van der Waals surface area contributed by atoms with E-state index < -0.39 is 10.0 Å². The quantitative estimate of drug-likeness (QED) is 0.812. The molecule has 6 nitrogen and oxygen atoms in total. The van der Waals surface area contributed by atoms with Crippen LogP contribution in [0.15, 0.2) is 6.33 Å². The van der Waals surface area contributed by atoms with Crippen LogP contribution in [0, 0.1) is 0 Å². The van der Waals surface area contributed by atoms with Gasteiger partial charge >= 0.3 is 0 Å². The highest BCUT2D eigenvalue weighted by Gasteiger charge is 2.16. The lowest BCUT2D eigenvalue weighted by Crippen LogP contribution is -2.22. The van der Waals surface area contributed by atoms with E-state index in [-0.39, 0.29) is 34.5 Å². The van der Waals surface area contributed by atoms with Gasteiger partial charge in [-0.1, -0.05) is 23.2 Å². The molecule has 0 radical (unpaired) electrons. The lowest BCUT2D eigenvalue weighted by atomic mass is 10.5. The molecule has 0 unspecified atom stereocenters. The number of nitrogens with one attached hydrogen (secondary N) is 1. The molecule has 1 heterocycles. The number of rotatable bonds is 6. The van der Waals surface area contributed by atoms with Crippen molar-refractivity contribution >= 4 is 38.9 Å². The number of halogens is 2.